The van der Waals surface area contributed by atoms with E-state index in [1.807, 2.05) is 26.1 Å². The SMILES string of the molecule is Cc1ccc(C(C)C(C)Cl)cn1. The fourth-order valence-electron chi connectivity index (χ4n) is 1.01. The maximum atomic E-state index is 5.97. The van der Waals surface area contributed by atoms with Gasteiger partial charge in [0.05, 0.1) is 0 Å². The third-order valence-electron chi connectivity index (χ3n) is 2.15. The Morgan fingerprint density at radius 2 is 2.00 bits per heavy atom. The highest BCUT2D eigenvalue weighted by molar-refractivity contribution is 6.20. The molecule has 0 saturated carbocycles. The predicted molar refractivity (Wildman–Crippen MR) is 52.7 cm³/mol. The molecule has 0 N–H and O–H groups in total. The third-order valence-corrected chi connectivity index (χ3v) is 2.53. The maximum absolute atomic E-state index is 5.97. The van der Waals surface area contributed by atoms with Gasteiger partial charge in [-0.05, 0) is 31.4 Å². The lowest BCUT2D eigenvalue weighted by molar-refractivity contribution is 0.737. The van der Waals surface area contributed by atoms with Crippen molar-refractivity contribution in [2.75, 3.05) is 0 Å². The summed E-state index contributed by atoms with van der Waals surface area (Å²) in [5.74, 6) is 0.375. The average molecular weight is 184 g/mol. The second kappa shape index (κ2) is 3.90. The summed E-state index contributed by atoms with van der Waals surface area (Å²) in [5.41, 5.74) is 2.26. The molecule has 0 aliphatic rings. The summed E-state index contributed by atoms with van der Waals surface area (Å²) in [7, 11) is 0. The van der Waals surface area contributed by atoms with Crippen molar-refractivity contribution in [3.8, 4) is 0 Å². The van der Waals surface area contributed by atoms with Crippen molar-refractivity contribution in [1.29, 1.82) is 0 Å². The monoisotopic (exact) mass is 183 g/mol. The number of nitrogens with zero attached hydrogens (tertiary/aromatic N) is 1. The number of hydrogen-bond donors (Lipinski definition) is 0. The zero-order chi connectivity index (χ0) is 9.14. The second-order valence-electron chi connectivity index (χ2n) is 3.20. The summed E-state index contributed by atoms with van der Waals surface area (Å²) in [6.07, 6.45) is 1.90. The summed E-state index contributed by atoms with van der Waals surface area (Å²) < 4.78 is 0. The van der Waals surface area contributed by atoms with Crippen LogP contribution in [0.4, 0.5) is 0 Å². The molecule has 1 aromatic rings. The van der Waals surface area contributed by atoms with Crippen molar-refractivity contribution < 1.29 is 0 Å². The van der Waals surface area contributed by atoms with Gasteiger partial charge in [0.2, 0.25) is 0 Å². The predicted octanol–water partition coefficient (Wildman–Crippen LogP) is 3.12. The molecule has 0 spiro atoms. The van der Waals surface area contributed by atoms with E-state index in [0.717, 1.165) is 5.69 Å². The fourth-order valence-corrected chi connectivity index (χ4v) is 1.16. The lowest BCUT2D eigenvalue weighted by Gasteiger charge is -2.13. The third kappa shape index (κ3) is 2.21. The minimum Gasteiger partial charge on any atom is -0.261 e. The summed E-state index contributed by atoms with van der Waals surface area (Å²) in [5, 5.41) is 0.162. The lowest BCUT2D eigenvalue weighted by atomic mass is 10.0. The molecule has 2 heteroatoms. The molecule has 1 heterocycles. The second-order valence-corrected chi connectivity index (χ2v) is 3.89. The van der Waals surface area contributed by atoms with Crippen LogP contribution in [0, 0.1) is 6.92 Å². The van der Waals surface area contributed by atoms with E-state index in [4.69, 9.17) is 11.6 Å². The molecule has 1 nitrogen and oxygen atoms in total. The van der Waals surface area contributed by atoms with Gasteiger partial charge in [-0.2, -0.15) is 0 Å². The van der Waals surface area contributed by atoms with Gasteiger partial charge in [0, 0.05) is 17.3 Å². The van der Waals surface area contributed by atoms with E-state index >= 15 is 0 Å². The Kier molecular flexibility index (Phi) is 3.10. The summed E-state index contributed by atoms with van der Waals surface area (Å²) in [6, 6.07) is 4.11. The smallest absolute Gasteiger partial charge is 0.0374 e. The minimum absolute atomic E-state index is 0.162. The zero-order valence-electron chi connectivity index (χ0n) is 7.71. The number of aryl methyl sites for hydroxylation is 1. The number of halogens is 1. The quantitative estimate of drug-likeness (QED) is 0.642. The Hall–Kier alpha value is -0.560. The van der Waals surface area contributed by atoms with Crippen molar-refractivity contribution in [1.82, 2.24) is 4.98 Å². The van der Waals surface area contributed by atoms with Gasteiger partial charge in [-0.3, -0.25) is 4.98 Å². The number of hydrogen-bond acceptors (Lipinski definition) is 1. The van der Waals surface area contributed by atoms with E-state index in [9.17, 15) is 0 Å². The Morgan fingerprint density at radius 1 is 1.33 bits per heavy atom. The Labute approximate surface area is 78.8 Å². The van der Waals surface area contributed by atoms with Crippen LogP contribution < -0.4 is 0 Å². The Bertz CT molecular complexity index is 241. The highest BCUT2D eigenvalue weighted by Crippen LogP contribution is 2.21. The lowest BCUT2D eigenvalue weighted by Crippen LogP contribution is -2.05. The summed E-state index contributed by atoms with van der Waals surface area (Å²) >= 11 is 5.97. The molecule has 1 rings (SSSR count). The molecule has 0 aliphatic heterocycles. The molecule has 1 aromatic heterocycles. The molecule has 2 atom stereocenters. The van der Waals surface area contributed by atoms with Crippen LogP contribution in [0.5, 0.6) is 0 Å². The highest BCUT2D eigenvalue weighted by Gasteiger charge is 2.10. The van der Waals surface area contributed by atoms with Gasteiger partial charge in [-0.15, -0.1) is 11.6 Å². The van der Waals surface area contributed by atoms with E-state index < -0.39 is 0 Å². The van der Waals surface area contributed by atoms with E-state index in [1.54, 1.807) is 0 Å². The molecule has 0 saturated heterocycles. The molecule has 2 unspecified atom stereocenters. The van der Waals surface area contributed by atoms with E-state index in [-0.39, 0.29) is 5.38 Å². The van der Waals surface area contributed by atoms with Gasteiger partial charge >= 0.3 is 0 Å². The maximum Gasteiger partial charge on any atom is 0.0374 e. The van der Waals surface area contributed by atoms with Crippen molar-refractivity contribution in [2.24, 2.45) is 0 Å². The van der Waals surface area contributed by atoms with Crippen LogP contribution >= 0.6 is 11.6 Å². The standard InChI is InChI=1S/C10H14ClN/c1-7-4-5-10(6-12-7)8(2)9(3)11/h4-6,8-9H,1-3H3. The number of alkyl halides is 1. The van der Waals surface area contributed by atoms with Gasteiger partial charge < -0.3 is 0 Å². The largest absolute Gasteiger partial charge is 0.261 e. The van der Waals surface area contributed by atoms with Crippen LogP contribution in [0.15, 0.2) is 18.3 Å². The first-order valence-electron chi connectivity index (χ1n) is 4.18. The van der Waals surface area contributed by atoms with Crippen molar-refractivity contribution in [3.05, 3.63) is 29.6 Å². The van der Waals surface area contributed by atoms with Crippen LogP contribution in [0.1, 0.15) is 31.0 Å². The van der Waals surface area contributed by atoms with Gasteiger partial charge in [0.1, 0.15) is 0 Å². The molecule has 0 bridgehead atoms. The van der Waals surface area contributed by atoms with Gasteiger partial charge in [0.25, 0.3) is 0 Å². The molecular weight excluding hydrogens is 170 g/mol. The van der Waals surface area contributed by atoms with Crippen LogP contribution in [-0.2, 0) is 0 Å². The molecule has 0 aromatic carbocycles. The Balaban J connectivity index is 2.82. The van der Waals surface area contributed by atoms with Crippen LogP contribution in [0.25, 0.3) is 0 Å². The minimum atomic E-state index is 0.162. The van der Waals surface area contributed by atoms with E-state index in [0.29, 0.717) is 5.92 Å². The van der Waals surface area contributed by atoms with Gasteiger partial charge in [-0.25, -0.2) is 0 Å². The van der Waals surface area contributed by atoms with Gasteiger partial charge in [-0.1, -0.05) is 13.0 Å². The molecule has 12 heavy (non-hydrogen) atoms. The fraction of sp³-hybridized carbons (Fsp3) is 0.500. The van der Waals surface area contributed by atoms with E-state index in [2.05, 4.69) is 18.0 Å². The number of rotatable bonds is 2. The summed E-state index contributed by atoms with van der Waals surface area (Å²) in [6.45, 7) is 6.11. The first kappa shape index (κ1) is 9.53. The van der Waals surface area contributed by atoms with E-state index in [1.165, 1.54) is 5.56 Å². The number of aromatic nitrogens is 1. The average Bonchev–Trinajstić information content (AvgIpc) is 2.04. The zero-order valence-corrected chi connectivity index (χ0v) is 8.47. The highest BCUT2D eigenvalue weighted by atomic mass is 35.5. The van der Waals surface area contributed by atoms with Crippen LogP contribution in [-0.4, -0.2) is 10.4 Å². The molecule has 0 aliphatic carbocycles. The van der Waals surface area contributed by atoms with Crippen molar-refractivity contribution >= 4 is 11.6 Å². The molecule has 0 fully saturated rings. The molecule has 0 radical (unpaired) electrons. The van der Waals surface area contributed by atoms with Gasteiger partial charge in [0.15, 0.2) is 0 Å². The number of pyridine rings is 1. The molecular formula is C10H14ClN. The van der Waals surface area contributed by atoms with Crippen LogP contribution in [0.2, 0.25) is 0 Å². The Morgan fingerprint density at radius 3 is 2.42 bits per heavy atom. The molecule has 0 amide bonds. The first-order valence-corrected chi connectivity index (χ1v) is 4.61. The van der Waals surface area contributed by atoms with Crippen molar-refractivity contribution in [2.45, 2.75) is 32.1 Å². The molecule has 66 valence electrons. The summed E-state index contributed by atoms with van der Waals surface area (Å²) in [4.78, 5) is 4.22. The first-order chi connectivity index (χ1) is 5.61. The van der Waals surface area contributed by atoms with Crippen LogP contribution in [0.3, 0.4) is 0 Å². The van der Waals surface area contributed by atoms with Crippen molar-refractivity contribution in [3.63, 3.8) is 0 Å². The normalized spacial score (nSPS) is 15.7. The topological polar surface area (TPSA) is 12.9 Å².